The van der Waals surface area contributed by atoms with Crippen LogP contribution in [-0.4, -0.2) is 30.0 Å². The summed E-state index contributed by atoms with van der Waals surface area (Å²) >= 11 is 1.40. The van der Waals surface area contributed by atoms with Crippen LogP contribution < -0.4 is 4.74 Å². The molecule has 0 radical (unpaired) electrons. The summed E-state index contributed by atoms with van der Waals surface area (Å²) in [5, 5.41) is 0.636. The van der Waals surface area contributed by atoms with Crippen LogP contribution in [0.15, 0.2) is 42.5 Å². The van der Waals surface area contributed by atoms with E-state index in [9.17, 15) is 22.8 Å². The molecule has 0 unspecified atom stereocenters. The number of nitrogens with zero attached hydrogens (tertiary/aromatic N) is 1. The average molecular weight is 506 g/mol. The number of esters is 1. The molecule has 9 heteroatoms. The van der Waals surface area contributed by atoms with Crippen molar-refractivity contribution in [3.63, 3.8) is 0 Å². The van der Waals surface area contributed by atoms with Gasteiger partial charge in [-0.2, -0.15) is 13.2 Å². The van der Waals surface area contributed by atoms with Gasteiger partial charge in [-0.05, 0) is 62.6 Å². The van der Waals surface area contributed by atoms with E-state index in [0.29, 0.717) is 34.7 Å². The zero-order chi connectivity index (χ0) is 25.6. The van der Waals surface area contributed by atoms with E-state index in [-0.39, 0.29) is 25.4 Å². The molecule has 1 aromatic heterocycles. The Kier molecular flexibility index (Phi) is 8.67. The molecular weight excluding hydrogens is 479 g/mol. The van der Waals surface area contributed by atoms with Crippen molar-refractivity contribution in [2.24, 2.45) is 0 Å². The van der Waals surface area contributed by atoms with Gasteiger partial charge in [-0.3, -0.25) is 4.79 Å². The maximum absolute atomic E-state index is 12.8. The van der Waals surface area contributed by atoms with Crippen LogP contribution in [0, 0.1) is 6.92 Å². The van der Waals surface area contributed by atoms with Crippen LogP contribution in [0.2, 0.25) is 0 Å². The number of carbonyl (C=O) groups is 2. The van der Waals surface area contributed by atoms with Crippen molar-refractivity contribution in [1.29, 1.82) is 0 Å². The number of hydrogen-bond acceptors (Lipinski definition) is 6. The maximum atomic E-state index is 12.8. The molecule has 0 N–H and O–H groups in total. The van der Waals surface area contributed by atoms with Crippen molar-refractivity contribution in [1.82, 2.24) is 4.98 Å². The number of thiazole rings is 1. The smallest absolute Gasteiger partial charge is 0.416 e. The largest absolute Gasteiger partial charge is 0.482 e. The fourth-order valence-corrected chi connectivity index (χ4v) is 4.63. The number of alkyl halides is 3. The first-order valence-corrected chi connectivity index (χ1v) is 12.0. The van der Waals surface area contributed by atoms with E-state index in [1.54, 1.807) is 32.0 Å². The molecule has 0 aliphatic carbocycles. The minimum atomic E-state index is -4.38. The van der Waals surface area contributed by atoms with Crippen molar-refractivity contribution < 1.29 is 32.2 Å². The SMILES string of the molecule is CCOC(=O)COc1ccc(C(=O)CCc2sc(-c3ccc(C(F)(F)F)cc3)nc2CC)cc1C. The number of benzene rings is 2. The molecule has 186 valence electrons. The van der Waals surface area contributed by atoms with Crippen molar-refractivity contribution >= 4 is 23.1 Å². The Hall–Kier alpha value is -3.20. The summed E-state index contributed by atoms with van der Waals surface area (Å²) < 4.78 is 48.8. The molecule has 0 bridgehead atoms. The number of ether oxygens (including phenoxy) is 2. The maximum Gasteiger partial charge on any atom is 0.416 e. The number of ketones is 1. The molecule has 0 saturated carbocycles. The van der Waals surface area contributed by atoms with Gasteiger partial charge in [-0.25, -0.2) is 9.78 Å². The lowest BCUT2D eigenvalue weighted by Crippen LogP contribution is -2.15. The molecule has 35 heavy (non-hydrogen) atoms. The molecule has 1 heterocycles. The third-order valence-corrected chi connectivity index (χ3v) is 6.51. The van der Waals surface area contributed by atoms with Crippen molar-refractivity contribution in [2.45, 2.75) is 46.2 Å². The average Bonchev–Trinajstić information content (AvgIpc) is 3.24. The van der Waals surface area contributed by atoms with Crippen molar-refractivity contribution in [3.05, 3.63) is 69.7 Å². The Balaban J connectivity index is 1.66. The summed E-state index contributed by atoms with van der Waals surface area (Å²) in [4.78, 5) is 29.8. The topological polar surface area (TPSA) is 65.5 Å². The van der Waals surface area contributed by atoms with E-state index in [0.717, 1.165) is 28.3 Å². The van der Waals surface area contributed by atoms with Crippen molar-refractivity contribution in [3.8, 4) is 16.3 Å². The Morgan fingerprint density at radius 1 is 1.06 bits per heavy atom. The molecule has 0 amide bonds. The fourth-order valence-electron chi connectivity index (χ4n) is 3.48. The number of aromatic nitrogens is 1. The lowest BCUT2D eigenvalue weighted by Gasteiger charge is -2.10. The second-order valence-electron chi connectivity index (χ2n) is 7.81. The van der Waals surface area contributed by atoms with Gasteiger partial charge in [-0.1, -0.05) is 19.1 Å². The zero-order valence-corrected chi connectivity index (χ0v) is 20.5. The lowest BCUT2D eigenvalue weighted by molar-refractivity contribution is -0.145. The van der Waals surface area contributed by atoms with Crippen LogP contribution in [-0.2, 0) is 28.5 Å². The summed E-state index contributed by atoms with van der Waals surface area (Å²) in [6, 6.07) is 9.99. The summed E-state index contributed by atoms with van der Waals surface area (Å²) in [6.45, 7) is 5.55. The van der Waals surface area contributed by atoms with Gasteiger partial charge in [0, 0.05) is 22.4 Å². The third kappa shape index (κ3) is 6.91. The molecular formula is C26H26F3NO4S. The first-order valence-electron chi connectivity index (χ1n) is 11.2. The highest BCUT2D eigenvalue weighted by atomic mass is 32.1. The van der Waals surface area contributed by atoms with Gasteiger partial charge in [0.2, 0.25) is 0 Å². The van der Waals surface area contributed by atoms with Crippen LogP contribution in [0.4, 0.5) is 13.2 Å². The van der Waals surface area contributed by atoms with E-state index < -0.39 is 17.7 Å². The van der Waals surface area contributed by atoms with Crippen LogP contribution >= 0.6 is 11.3 Å². The van der Waals surface area contributed by atoms with Crippen LogP contribution in [0.25, 0.3) is 10.6 Å². The number of halogens is 3. The van der Waals surface area contributed by atoms with Gasteiger partial charge in [-0.15, -0.1) is 11.3 Å². The molecule has 0 aliphatic rings. The first-order chi connectivity index (χ1) is 16.6. The molecule has 0 aliphatic heterocycles. The highest BCUT2D eigenvalue weighted by Crippen LogP contribution is 2.33. The van der Waals surface area contributed by atoms with Gasteiger partial charge < -0.3 is 9.47 Å². The molecule has 3 rings (SSSR count). The number of hydrogen-bond donors (Lipinski definition) is 0. The van der Waals surface area contributed by atoms with Crippen LogP contribution in [0.5, 0.6) is 5.75 Å². The highest BCUT2D eigenvalue weighted by molar-refractivity contribution is 7.15. The zero-order valence-electron chi connectivity index (χ0n) is 19.7. The number of rotatable bonds is 10. The summed E-state index contributed by atoms with van der Waals surface area (Å²) in [6.07, 6.45) is -2.97. The van der Waals surface area contributed by atoms with Crippen LogP contribution in [0.3, 0.4) is 0 Å². The minimum absolute atomic E-state index is 0.0448. The fraction of sp³-hybridized carbons (Fsp3) is 0.346. The van der Waals surface area contributed by atoms with Gasteiger partial charge >= 0.3 is 12.1 Å². The summed E-state index contributed by atoms with van der Waals surface area (Å²) in [7, 11) is 0. The van der Waals surface area contributed by atoms with E-state index >= 15 is 0 Å². The third-order valence-electron chi connectivity index (χ3n) is 5.30. The Morgan fingerprint density at radius 2 is 1.77 bits per heavy atom. The van der Waals surface area contributed by atoms with Gasteiger partial charge in [0.15, 0.2) is 12.4 Å². The molecule has 0 spiro atoms. The first kappa shape index (κ1) is 26.4. The molecule has 0 fully saturated rings. The van der Waals surface area contributed by atoms with E-state index in [1.165, 1.54) is 23.5 Å². The second kappa shape index (κ2) is 11.5. The molecule has 0 saturated heterocycles. The molecule has 0 atom stereocenters. The van der Waals surface area contributed by atoms with Crippen LogP contribution in [0.1, 0.15) is 52.3 Å². The monoisotopic (exact) mass is 505 g/mol. The lowest BCUT2D eigenvalue weighted by atomic mass is 10.0. The second-order valence-corrected chi connectivity index (χ2v) is 8.90. The van der Waals surface area contributed by atoms with E-state index in [4.69, 9.17) is 9.47 Å². The molecule has 3 aromatic rings. The number of carbonyl (C=O) groups excluding carboxylic acids is 2. The van der Waals surface area contributed by atoms with E-state index in [2.05, 4.69) is 4.98 Å². The van der Waals surface area contributed by atoms with Gasteiger partial charge in [0.1, 0.15) is 10.8 Å². The van der Waals surface area contributed by atoms with Gasteiger partial charge in [0.25, 0.3) is 0 Å². The Labute approximate surface area is 205 Å². The Morgan fingerprint density at radius 3 is 2.37 bits per heavy atom. The normalized spacial score (nSPS) is 11.4. The standard InChI is InChI=1S/C26H26F3NO4S/c1-4-20-23(35-25(30-20)17-6-9-19(10-7-17)26(27,28)29)13-11-21(31)18-8-12-22(16(3)14-18)34-15-24(32)33-5-2/h6-10,12,14H,4-5,11,13,15H2,1-3H3. The predicted octanol–water partition coefficient (Wildman–Crippen LogP) is 6.46. The molecule has 5 nitrogen and oxygen atoms in total. The quantitative estimate of drug-likeness (QED) is 0.234. The predicted molar refractivity (Wildman–Crippen MR) is 128 cm³/mol. The molecule has 2 aromatic carbocycles. The van der Waals surface area contributed by atoms with E-state index in [1.807, 2.05) is 6.92 Å². The Bertz CT molecular complexity index is 1190. The number of Topliss-reactive ketones (excluding diaryl/α,β-unsaturated/α-hetero) is 1. The van der Waals surface area contributed by atoms with Crippen molar-refractivity contribution in [2.75, 3.05) is 13.2 Å². The minimum Gasteiger partial charge on any atom is -0.482 e. The van der Waals surface area contributed by atoms with Gasteiger partial charge in [0.05, 0.1) is 17.9 Å². The number of aryl methyl sites for hydroxylation is 3. The summed E-state index contributed by atoms with van der Waals surface area (Å²) in [5.41, 5.74) is 2.03. The highest BCUT2D eigenvalue weighted by Gasteiger charge is 2.30. The summed E-state index contributed by atoms with van der Waals surface area (Å²) in [5.74, 6) is 0.00194.